The maximum Gasteiger partial charge on any atom is 0.149 e. The molecule has 0 spiro atoms. The minimum Gasteiger partial charge on any atom is -0.762 e. The Labute approximate surface area is 115 Å². The highest BCUT2D eigenvalue weighted by atomic mass is 16.8. The second kappa shape index (κ2) is 6.79. The molecular formula is C14H25N2O3-. The Hall–Kier alpha value is -0.490. The maximum absolute atomic E-state index is 12.3. The molecule has 0 aromatic rings. The number of Topliss-reactive ketones (excluding diaryl/α,β-unsaturated/α-hetero) is 1. The van der Waals surface area contributed by atoms with Crippen LogP contribution in [-0.4, -0.2) is 46.3 Å². The van der Waals surface area contributed by atoms with Crippen LogP contribution in [0.2, 0.25) is 0 Å². The van der Waals surface area contributed by atoms with Crippen molar-refractivity contribution in [1.82, 2.24) is 10.1 Å². The highest BCUT2D eigenvalue weighted by Crippen LogP contribution is 2.28. The minimum atomic E-state index is -0.388. The van der Waals surface area contributed by atoms with Crippen molar-refractivity contribution in [2.45, 2.75) is 64.0 Å². The van der Waals surface area contributed by atoms with Gasteiger partial charge in [0.2, 0.25) is 0 Å². The molecule has 1 saturated carbocycles. The van der Waals surface area contributed by atoms with Crippen molar-refractivity contribution in [2.24, 2.45) is 5.92 Å². The van der Waals surface area contributed by atoms with Crippen molar-refractivity contribution in [2.75, 3.05) is 13.1 Å². The summed E-state index contributed by atoms with van der Waals surface area (Å²) in [4.78, 5) is 14.6. The first-order valence-electron chi connectivity index (χ1n) is 7.50. The monoisotopic (exact) mass is 269 g/mol. The molecule has 19 heavy (non-hydrogen) atoms. The summed E-state index contributed by atoms with van der Waals surface area (Å²) >= 11 is 0. The van der Waals surface area contributed by atoms with E-state index >= 15 is 0 Å². The summed E-state index contributed by atoms with van der Waals surface area (Å²) in [7, 11) is 0. The number of hydrogen-bond donors (Lipinski definition) is 1. The molecule has 2 fully saturated rings. The zero-order valence-electron chi connectivity index (χ0n) is 11.8. The predicted octanol–water partition coefficient (Wildman–Crippen LogP) is 2.18. The van der Waals surface area contributed by atoms with Crippen LogP contribution in [0, 0.1) is 11.1 Å². The standard InChI is InChI=1S/C14H25N2O3/c1-11-5-2-3-8-15(11)10-14(17)12-6-4-7-13(9-12)16(18)19/h11-13,18H,2-10H2,1H3/q-1. The summed E-state index contributed by atoms with van der Waals surface area (Å²) < 4.78 is 0. The van der Waals surface area contributed by atoms with Crippen molar-refractivity contribution >= 4 is 5.78 Å². The summed E-state index contributed by atoms with van der Waals surface area (Å²) in [6, 6.07) is 0.104. The van der Waals surface area contributed by atoms with Gasteiger partial charge in [0.05, 0.1) is 6.54 Å². The Kier molecular flexibility index (Phi) is 5.33. The lowest BCUT2D eigenvalue weighted by molar-refractivity contribution is -0.130. The van der Waals surface area contributed by atoms with Crippen LogP contribution in [0.15, 0.2) is 0 Å². The van der Waals surface area contributed by atoms with Crippen LogP contribution >= 0.6 is 0 Å². The van der Waals surface area contributed by atoms with Gasteiger partial charge in [0.15, 0.2) is 0 Å². The van der Waals surface area contributed by atoms with Gasteiger partial charge in [-0.15, -0.1) is 0 Å². The molecule has 3 atom stereocenters. The van der Waals surface area contributed by atoms with Gasteiger partial charge in [-0.3, -0.25) is 14.9 Å². The lowest BCUT2D eigenvalue weighted by Crippen LogP contribution is -2.44. The molecule has 5 heteroatoms. The van der Waals surface area contributed by atoms with Gasteiger partial charge >= 0.3 is 0 Å². The average Bonchev–Trinajstić information content (AvgIpc) is 2.41. The molecule has 0 amide bonds. The van der Waals surface area contributed by atoms with Crippen molar-refractivity contribution < 1.29 is 10.0 Å². The number of hydroxylamine groups is 2. The van der Waals surface area contributed by atoms with Gasteiger partial charge in [-0.1, -0.05) is 12.8 Å². The number of nitrogens with zero attached hydrogens (tertiary/aromatic N) is 2. The van der Waals surface area contributed by atoms with Crippen LogP contribution in [0.4, 0.5) is 0 Å². The third-order valence-electron chi connectivity index (χ3n) is 4.71. The van der Waals surface area contributed by atoms with Gasteiger partial charge in [0.1, 0.15) is 5.78 Å². The third kappa shape index (κ3) is 3.99. The molecule has 2 rings (SSSR count). The van der Waals surface area contributed by atoms with E-state index in [2.05, 4.69) is 11.8 Å². The molecule has 110 valence electrons. The first-order valence-corrected chi connectivity index (χ1v) is 7.50. The molecule has 0 aromatic carbocycles. The number of carbonyl (C=O) groups is 1. The van der Waals surface area contributed by atoms with E-state index in [1.54, 1.807) is 0 Å². The molecule has 0 aromatic heterocycles. The fraction of sp³-hybridized carbons (Fsp3) is 0.929. The van der Waals surface area contributed by atoms with Crippen LogP contribution in [0.3, 0.4) is 0 Å². The highest BCUT2D eigenvalue weighted by molar-refractivity contribution is 5.83. The first kappa shape index (κ1) is 14.9. The molecule has 3 unspecified atom stereocenters. The van der Waals surface area contributed by atoms with Gasteiger partial charge < -0.3 is 10.4 Å². The smallest absolute Gasteiger partial charge is 0.149 e. The highest BCUT2D eigenvalue weighted by Gasteiger charge is 2.30. The Morgan fingerprint density at radius 2 is 2.11 bits per heavy atom. The number of likely N-dealkylation sites (tertiary alicyclic amines) is 1. The fourth-order valence-corrected chi connectivity index (χ4v) is 3.38. The number of ketones is 1. The van der Waals surface area contributed by atoms with Crippen LogP contribution in [0.1, 0.15) is 51.9 Å². The second-order valence-electron chi connectivity index (χ2n) is 6.10. The van der Waals surface area contributed by atoms with Crippen molar-refractivity contribution in [3.05, 3.63) is 5.21 Å². The van der Waals surface area contributed by atoms with Crippen LogP contribution < -0.4 is 0 Å². The Bertz CT molecular complexity index is 309. The Balaban J connectivity index is 1.85. The van der Waals surface area contributed by atoms with Crippen molar-refractivity contribution in [1.29, 1.82) is 0 Å². The van der Waals surface area contributed by atoms with Crippen LogP contribution in [0.5, 0.6) is 0 Å². The van der Waals surface area contributed by atoms with E-state index in [0.717, 1.165) is 19.4 Å². The molecule has 1 saturated heterocycles. The topological polar surface area (TPSA) is 66.8 Å². The first-order chi connectivity index (χ1) is 9.08. The van der Waals surface area contributed by atoms with E-state index in [-0.39, 0.29) is 23.0 Å². The Morgan fingerprint density at radius 3 is 2.79 bits per heavy atom. The van der Waals surface area contributed by atoms with E-state index in [1.165, 1.54) is 19.3 Å². The summed E-state index contributed by atoms with van der Waals surface area (Å²) in [6.45, 7) is 3.71. The summed E-state index contributed by atoms with van der Waals surface area (Å²) in [5, 5.41) is 20.0. The van der Waals surface area contributed by atoms with E-state index in [4.69, 9.17) is 5.21 Å². The van der Waals surface area contributed by atoms with Crippen LogP contribution in [0.25, 0.3) is 0 Å². The van der Waals surface area contributed by atoms with Crippen molar-refractivity contribution in [3.63, 3.8) is 0 Å². The largest absolute Gasteiger partial charge is 0.762 e. The molecule has 0 bridgehead atoms. The second-order valence-corrected chi connectivity index (χ2v) is 6.10. The third-order valence-corrected chi connectivity index (χ3v) is 4.71. The zero-order valence-corrected chi connectivity index (χ0v) is 11.8. The van der Waals surface area contributed by atoms with Gasteiger partial charge in [0, 0.05) is 18.0 Å². The molecule has 2 aliphatic rings. The van der Waals surface area contributed by atoms with Gasteiger partial charge in [0.25, 0.3) is 0 Å². The zero-order chi connectivity index (χ0) is 13.8. The molecular weight excluding hydrogens is 244 g/mol. The SMILES string of the molecule is CC1CCCCN1CC(=O)C1CCCC(N([O-])O)C1. The average molecular weight is 269 g/mol. The molecule has 1 N–H and O–H groups in total. The minimum absolute atomic E-state index is 0.0446. The quantitative estimate of drug-likeness (QED) is 0.792. The lowest BCUT2D eigenvalue weighted by atomic mass is 9.83. The summed E-state index contributed by atoms with van der Waals surface area (Å²) in [5.74, 6) is 0.205. The van der Waals surface area contributed by atoms with Crippen molar-refractivity contribution in [3.8, 4) is 0 Å². The van der Waals surface area contributed by atoms with E-state index < -0.39 is 0 Å². The molecule has 1 aliphatic carbocycles. The van der Waals surface area contributed by atoms with E-state index in [0.29, 0.717) is 25.4 Å². The molecule has 1 heterocycles. The number of hydrogen-bond acceptors (Lipinski definition) is 5. The lowest BCUT2D eigenvalue weighted by Gasteiger charge is -2.38. The molecule has 1 aliphatic heterocycles. The molecule has 0 radical (unpaired) electrons. The fourth-order valence-electron chi connectivity index (χ4n) is 3.38. The maximum atomic E-state index is 12.3. The van der Waals surface area contributed by atoms with Gasteiger partial charge in [-0.25, -0.2) is 0 Å². The Morgan fingerprint density at radius 1 is 1.32 bits per heavy atom. The number of carbonyl (C=O) groups excluding carboxylic acids is 1. The van der Waals surface area contributed by atoms with Gasteiger partial charge in [-0.2, -0.15) is 0 Å². The normalized spacial score (nSPS) is 33.6. The molecule has 5 nitrogen and oxygen atoms in total. The summed E-state index contributed by atoms with van der Waals surface area (Å²) in [5.41, 5.74) is 0. The number of piperidine rings is 1. The summed E-state index contributed by atoms with van der Waals surface area (Å²) in [6.07, 6.45) is 6.54. The number of rotatable bonds is 4. The van der Waals surface area contributed by atoms with Crippen LogP contribution in [-0.2, 0) is 4.79 Å². The van der Waals surface area contributed by atoms with E-state index in [1.807, 2.05) is 0 Å². The predicted molar refractivity (Wildman–Crippen MR) is 72.6 cm³/mol. The van der Waals surface area contributed by atoms with E-state index in [9.17, 15) is 10.0 Å². The van der Waals surface area contributed by atoms with Gasteiger partial charge in [-0.05, 0) is 45.6 Å².